The van der Waals surface area contributed by atoms with Crippen LogP contribution in [0.5, 0.6) is 11.6 Å². The number of para-hydroxylation sites is 1. The molecule has 0 aliphatic rings. The predicted octanol–water partition coefficient (Wildman–Crippen LogP) is 4.92. The van der Waals surface area contributed by atoms with Gasteiger partial charge in [0.15, 0.2) is 11.4 Å². The number of carboxylic acid groups (broad SMARTS) is 1. The average molecular weight is 421 g/mol. The molecule has 0 saturated heterocycles. The van der Waals surface area contributed by atoms with E-state index in [-0.39, 0.29) is 5.78 Å². The van der Waals surface area contributed by atoms with E-state index in [0.29, 0.717) is 30.0 Å². The minimum absolute atomic E-state index is 0.0438. The maximum Gasteiger partial charge on any atom is 0.347 e. The average Bonchev–Trinajstić information content (AvgIpc) is 2.73. The summed E-state index contributed by atoms with van der Waals surface area (Å²) in [6.07, 6.45) is 0.842. The molecule has 0 fully saturated rings. The number of aromatic nitrogens is 1. The third-order valence-electron chi connectivity index (χ3n) is 5.22. The Labute approximate surface area is 181 Å². The van der Waals surface area contributed by atoms with Crippen molar-refractivity contribution in [3.63, 3.8) is 0 Å². The molecule has 6 nitrogen and oxygen atoms in total. The first-order valence-corrected chi connectivity index (χ1v) is 10.1. The van der Waals surface area contributed by atoms with E-state index in [1.807, 2.05) is 56.3 Å². The summed E-state index contributed by atoms with van der Waals surface area (Å²) in [5, 5.41) is 10.2. The van der Waals surface area contributed by atoms with Crippen LogP contribution >= 0.6 is 0 Å². The summed E-state index contributed by atoms with van der Waals surface area (Å²) in [6.45, 7) is 6.79. The number of carbonyl (C=O) groups is 2. The van der Waals surface area contributed by atoms with E-state index in [0.717, 1.165) is 27.6 Å². The Hall–Kier alpha value is -3.41. The van der Waals surface area contributed by atoms with Crippen molar-refractivity contribution in [3.8, 4) is 11.6 Å². The Balaban J connectivity index is 1.79. The van der Waals surface area contributed by atoms with Gasteiger partial charge in [-0.3, -0.25) is 4.79 Å². The number of pyridine rings is 1. The number of aliphatic carboxylic acids is 1. The van der Waals surface area contributed by atoms with Gasteiger partial charge in [0.1, 0.15) is 5.75 Å². The molecule has 0 atom stereocenters. The van der Waals surface area contributed by atoms with Gasteiger partial charge in [0.25, 0.3) is 0 Å². The highest BCUT2D eigenvalue weighted by atomic mass is 16.5. The second-order valence-electron chi connectivity index (χ2n) is 8.14. The Morgan fingerprint density at radius 2 is 1.71 bits per heavy atom. The largest absolute Gasteiger partial charge is 0.480 e. The lowest BCUT2D eigenvalue weighted by Crippen LogP contribution is -2.38. The highest BCUT2D eigenvalue weighted by Crippen LogP contribution is 2.30. The summed E-state index contributed by atoms with van der Waals surface area (Å²) in [6, 6.07) is 13.3. The Kier molecular flexibility index (Phi) is 6.29. The van der Waals surface area contributed by atoms with E-state index < -0.39 is 11.6 Å². The number of nitrogens with zero attached hydrogens (tertiary/aromatic N) is 1. The molecule has 0 amide bonds. The van der Waals surface area contributed by atoms with Crippen LogP contribution in [0.1, 0.15) is 47.3 Å². The molecule has 0 saturated carbocycles. The van der Waals surface area contributed by atoms with Gasteiger partial charge in [0.2, 0.25) is 5.88 Å². The monoisotopic (exact) mass is 421 g/mol. The second-order valence-corrected chi connectivity index (χ2v) is 8.14. The van der Waals surface area contributed by atoms with E-state index in [2.05, 4.69) is 4.98 Å². The number of fused-ring (bicyclic) bond motifs is 1. The standard InChI is InChI=1S/C25H27NO5/c1-15-12-17(13-16(2)22(15)31-25(3,4)24(28)29)10-11-21(27)19-14-18-8-6-7-9-20(18)26-23(19)30-5/h6-9,12-14H,10-11H2,1-5H3,(H,28,29). The van der Waals surface area contributed by atoms with E-state index in [1.54, 1.807) is 0 Å². The third kappa shape index (κ3) is 4.85. The molecule has 1 N–H and O–H groups in total. The molecule has 0 spiro atoms. The maximum absolute atomic E-state index is 12.9. The van der Waals surface area contributed by atoms with Crippen LogP contribution in [-0.4, -0.2) is 34.6 Å². The smallest absolute Gasteiger partial charge is 0.347 e. The van der Waals surface area contributed by atoms with Crippen LogP contribution in [0.2, 0.25) is 0 Å². The van der Waals surface area contributed by atoms with Gasteiger partial charge < -0.3 is 14.6 Å². The Morgan fingerprint density at radius 1 is 1.06 bits per heavy atom. The third-order valence-corrected chi connectivity index (χ3v) is 5.22. The predicted molar refractivity (Wildman–Crippen MR) is 119 cm³/mol. The molecule has 162 valence electrons. The van der Waals surface area contributed by atoms with Gasteiger partial charge in [-0.05, 0) is 62.9 Å². The van der Waals surface area contributed by atoms with Gasteiger partial charge >= 0.3 is 5.97 Å². The lowest BCUT2D eigenvalue weighted by molar-refractivity contribution is -0.152. The van der Waals surface area contributed by atoms with Crippen molar-refractivity contribution in [2.75, 3.05) is 7.11 Å². The topological polar surface area (TPSA) is 85.7 Å². The maximum atomic E-state index is 12.9. The lowest BCUT2D eigenvalue weighted by Gasteiger charge is -2.24. The van der Waals surface area contributed by atoms with Crippen LogP contribution in [0.25, 0.3) is 10.9 Å². The number of methoxy groups -OCH3 is 1. The summed E-state index contributed by atoms with van der Waals surface area (Å²) in [7, 11) is 1.51. The van der Waals surface area contributed by atoms with E-state index >= 15 is 0 Å². The molecule has 2 aromatic carbocycles. The minimum atomic E-state index is -1.33. The Morgan fingerprint density at radius 3 is 2.32 bits per heavy atom. The van der Waals surface area contributed by atoms with Gasteiger partial charge in [-0.25, -0.2) is 9.78 Å². The summed E-state index contributed by atoms with van der Waals surface area (Å²) >= 11 is 0. The first-order valence-electron chi connectivity index (χ1n) is 10.1. The fraction of sp³-hybridized carbons (Fsp3) is 0.320. The van der Waals surface area contributed by atoms with Gasteiger partial charge in [0, 0.05) is 11.8 Å². The normalized spacial score (nSPS) is 11.4. The number of aryl methyl sites for hydroxylation is 3. The van der Waals surface area contributed by atoms with Crippen molar-refractivity contribution < 1.29 is 24.2 Å². The van der Waals surface area contributed by atoms with E-state index in [1.165, 1.54) is 21.0 Å². The number of carbonyl (C=O) groups excluding carboxylic acids is 1. The van der Waals surface area contributed by atoms with Crippen molar-refractivity contribution in [2.24, 2.45) is 0 Å². The molecule has 6 heteroatoms. The first kappa shape index (κ1) is 22.3. The zero-order valence-corrected chi connectivity index (χ0v) is 18.5. The number of ether oxygens (including phenoxy) is 2. The molecule has 0 aliphatic carbocycles. The van der Waals surface area contributed by atoms with Crippen LogP contribution in [0, 0.1) is 13.8 Å². The van der Waals surface area contributed by atoms with Crippen LogP contribution in [0.3, 0.4) is 0 Å². The summed E-state index contributed by atoms with van der Waals surface area (Å²) in [5.74, 6) is -0.185. The van der Waals surface area contributed by atoms with Crippen molar-refractivity contribution >= 4 is 22.7 Å². The number of hydrogen-bond acceptors (Lipinski definition) is 5. The van der Waals surface area contributed by atoms with Gasteiger partial charge in [0.05, 0.1) is 18.2 Å². The summed E-state index contributed by atoms with van der Waals surface area (Å²) in [4.78, 5) is 28.8. The molecular formula is C25H27NO5. The molecule has 1 heterocycles. The van der Waals surface area contributed by atoms with E-state index in [4.69, 9.17) is 9.47 Å². The van der Waals surface area contributed by atoms with Crippen LogP contribution in [-0.2, 0) is 11.2 Å². The van der Waals surface area contributed by atoms with Crippen molar-refractivity contribution in [1.82, 2.24) is 4.98 Å². The molecule has 0 radical (unpaired) electrons. The quantitative estimate of drug-likeness (QED) is 0.520. The molecule has 0 unspecified atom stereocenters. The second kappa shape index (κ2) is 8.76. The zero-order chi connectivity index (χ0) is 22.8. The molecule has 31 heavy (non-hydrogen) atoms. The summed E-state index contributed by atoms with van der Waals surface area (Å²) in [5.41, 5.74) is 2.58. The minimum Gasteiger partial charge on any atom is -0.480 e. The molecule has 3 rings (SSSR count). The van der Waals surface area contributed by atoms with Gasteiger partial charge in [-0.15, -0.1) is 0 Å². The molecule has 3 aromatic rings. The molecule has 0 aliphatic heterocycles. The number of rotatable bonds is 8. The Bertz CT molecular complexity index is 1130. The van der Waals surface area contributed by atoms with Gasteiger partial charge in [-0.1, -0.05) is 30.3 Å². The van der Waals surface area contributed by atoms with Crippen LogP contribution in [0.4, 0.5) is 0 Å². The molecule has 1 aromatic heterocycles. The SMILES string of the molecule is COc1nc2ccccc2cc1C(=O)CCc1cc(C)c(OC(C)(C)C(=O)O)c(C)c1. The van der Waals surface area contributed by atoms with Crippen molar-refractivity contribution in [3.05, 3.63) is 64.7 Å². The number of carboxylic acids is 1. The fourth-order valence-corrected chi connectivity index (χ4v) is 3.49. The van der Waals surface area contributed by atoms with Crippen LogP contribution in [0.15, 0.2) is 42.5 Å². The summed E-state index contributed by atoms with van der Waals surface area (Å²) < 4.78 is 11.1. The van der Waals surface area contributed by atoms with E-state index in [9.17, 15) is 14.7 Å². The number of ketones is 1. The lowest BCUT2D eigenvalue weighted by atomic mass is 9.98. The highest BCUT2D eigenvalue weighted by Gasteiger charge is 2.30. The fourth-order valence-electron chi connectivity index (χ4n) is 3.49. The van der Waals surface area contributed by atoms with Crippen molar-refractivity contribution in [1.29, 1.82) is 0 Å². The number of Topliss-reactive ketones (excluding diaryl/α,β-unsaturated/α-hetero) is 1. The number of benzene rings is 2. The van der Waals surface area contributed by atoms with Gasteiger partial charge in [-0.2, -0.15) is 0 Å². The van der Waals surface area contributed by atoms with Crippen LogP contribution < -0.4 is 9.47 Å². The first-order chi connectivity index (χ1) is 14.6. The molecular weight excluding hydrogens is 394 g/mol. The van der Waals surface area contributed by atoms with Crippen molar-refractivity contribution in [2.45, 2.75) is 46.1 Å². The highest BCUT2D eigenvalue weighted by molar-refractivity contribution is 6.01. The zero-order valence-electron chi connectivity index (χ0n) is 18.5. The molecule has 0 bridgehead atoms. The number of hydrogen-bond donors (Lipinski definition) is 1.